The van der Waals surface area contributed by atoms with Gasteiger partial charge in [-0.3, -0.25) is 0 Å². The predicted octanol–water partition coefficient (Wildman–Crippen LogP) is 1.40. The van der Waals surface area contributed by atoms with Gasteiger partial charge in [0.1, 0.15) is 0 Å². The van der Waals surface area contributed by atoms with E-state index in [0.29, 0.717) is 6.54 Å². The summed E-state index contributed by atoms with van der Waals surface area (Å²) < 4.78 is 24.4. The summed E-state index contributed by atoms with van der Waals surface area (Å²) >= 11 is 0. The fraction of sp³-hybridized carbons (Fsp3) is 0.400. The molecule has 0 aromatic heterocycles. The maximum Gasteiger partial charge on any atom is 0.255 e. The Bertz CT molecular complexity index is 254. The van der Waals surface area contributed by atoms with Gasteiger partial charge in [-0.1, -0.05) is 30.3 Å². The van der Waals surface area contributed by atoms with Crippen molar-refractivity contribution in [3.05, 3.63) is 35.9 Å². The molecule has 1 atom stereocenters. The summed E-state index contributed by atoms with van der Waals surface area (Å²) in [6.45, 7) is -0.207. The van der Waals surface area contributed by atoms with E-state index >= 15 is 0 Å². The zero-order valence-corrected chi connectivity index (χ0v) is 7.66. The first-order chi connectivity index (χ1) is 6.74. The van der Waals surface area contributed by atoms with Crippen molar-refractivity contribution in [2.45, 2.75) is 19.0 Å². The van der Waals surface area contributed by atoms with Crippen molar-refractivity contribution in [3.63, 3.8) is 0 Å². The van der Waals surface area contributed by atoms with Crippen LogP contribution < -0.4 is 5.32 Å². The average molecular weight is 201 g/mol. The predicted molar refractivity (Wildman–Crippen MR) is 50.2 cm³/mol. The second-order valence-corrected chi connectivity index (χ2v) is 2.99. The second-order valence-electron chi connectivity index (χ2n) is 2.99. The molecular weight excluding hydrogens is 188 g/mol. The molecule has 0 spiro atoms. The number of aliphatic hydroxyl groups is 1. The van der Waals surface area contributed by atoms with Gasteiger partial charge < -0.3 is 10.4 Å². The van der Waals surface area contributed by atoms with Gasteiger partial charge in [-0.25, -0.2) is 8.78 Å². The van der Waals surface area contributed by atoms with Crippen molar-refractivity contribution in [3.8, 4) is 0 Å². The lowest BCUT2D eigenvalue weighted by Crippen LogP contribution is -2.38. The largest absolute Gasteiger partial charge is 0.395 e. The van der Waals surface area contributed by atoms with Crippen molar-refractivity contribution in [2.75, 3.05) is 6.61 Å². The lowest BCUT2D eigenvalue weighted by Gasteiger charge is -2.14. The lowest BCUT2D eigenvalue weighted by molar-refractivity contribution is 0.0646. The fourth-order valence-electron chi connectivity index (χ4n) is 1.08. The average Bonchev–Trinajstić information content (AvgIpc) is 2.20. The Labute approximate surface area is 81.6 Å². The number of benzene rings is 1. The van der Waals surface area contributed by atoms with E-state index in [4.69, 9.17) is 5.11 Å². The molecule has 1 aromatic carbocycles. The second kappa shape index (κ2) is 5.67. The van der Waals surface area contributed by atoms with Gasteiger partial charge in [0.05, 0.1) is 12.6 Å². The van der Waals surface area contributed by atoms with Crippen LogP contribution in [0.2, 0.25) is 0 Å². The standard InChI is InChI=1S/C10H13F2NO/c11-10(12)9(7-14)13-6-8-4-2-1-3-5-8/h1-5,9-10,13-14H,6-7H2/t9-/m0/s1. The summed E-state index contributed by atoms with van der Waals surface area (Å²) in [7, 11) is 0. The van der Waals surface area contributed by atoms with E-state index in [2.05, 4.69) is 5.32 Å². The van der Waals surface area contributed by atoms with Crippen LogP contribution in [0.4, 0.5) is 8.78 Å². The molecule has 0 heterocycles. The van der Waals surface area contributed by atoms with Gasteiger partial charge in [0, 0.05) is 6.54 Å². The van der Waals surface area contributed by atoms with Gasteiger partial charge in [0.25, 0.3) is 6.43 Å². The SMILES string of the molecule is OC[C@H](NCc1ccccc1)C(F)F. The maximum atomic E-state index is 12.2. The van der Waals surface area contributed by atoms with Crippen LogP contribution in [0.1, 0.15) is 5.56 Å². The summed E-state index contributed by atoms with van der Waals surface area (Å²) in [6, 6.07) is 8.08. The van der Waals surface area contributed by atoms with Crippen molar-refractivity contribution >= 4 is 0 Å². The third-order valence-electron chi connectivity index (χ3n) is 1.91. The third kappa shape index (κ3) is 3.40. The van der Waals surface area contributed by atoms with Crippen molar-refractivity contribution < 1.29 is 13.9 Å². The maximum absolute atomic E-state index is 12.2. The molecule has 0 saturated carbocycles. The zero-order valence-electron chi connectivity index (χ0n) is 7.66. The number of hydrogen-bond donors (Lipinski definition) is 2. The van der Waals surface area contributed by atoms with Crippen LogP contribution in [0.15, 0.2) is 30.3 Å². The van der Waals surface area contributed by atoms with Crippen molar-refractivity contribution in [1.29, 1.82) is 0 Å². The first-order valence-electron chi connectivity index (χ1n) is 4.40. The minimum atomic E-state index is -2.54. The molecule has 1 rings (SSSR count). The molecule has 0 saturated heterocycles. The molecule has 0 radical (unpaired) electrons. The molecule has 2 nitrogen and oxygen atoms in total. The minimum Gasteiger partial charge on any atom is -0.395 e. The number of halogens is 2. The highest BCUT2D eigenvalue weighted by Gasteiger charge is 2.17. The van der Waals surface area contributed by atoms with E-state index in [-0.39, 0.29) is 0 Å². The minimum absolute atomic E-state index is 0.344. The van der Waals surface area contributed by atoms with E-state index in [1.54, 1.807) is 0 Å². The van der Waals surface area contributed by atoms with Gasteiger partial charge >= 0.3 is 0 Å². The lowest BCUT2D eigenvalue weighted by atomic mass is 10.2. The Kier molecular flexibility index (Phi) is 4.49. The van der Waals surface area contributed by atoms with Gasteiger partial charge in [-0.15, -0.1) is 0 Å². The van der Waals surface area contributed by atoms with Crippen molar-refractivity contribution in [1.82, 2.24) is 5.32 Å². The molecule has 0 aliphatic heterocycles. The number of alkyl halides is 2. The third-order valence-corrected chi connectivity index (χ3v) is 1.91. The normalized spacial score (nSPS) is 13.1. The van der Waals surface area contributed by atoms with Crippen LogP contribution in [-0.2, 0) is 6.54 Å². The van der Waals surface area contributed by atoms with E-state index in [9.17, 15) is 8.78 Å². The summed E-state index contributed by atoms with van der Waals surface area (Å²) in [6.07, 6.45) is -2.54. The van der Waals surface area contributed by atoms with Gasteiger partial charge in [0.2, 0.25) is 0 Å². The van der Waals surface area contributed by atoms with Crippen LogP contribution in [0.3, 0.4) is 0 Å². The van der Waals surface area contributed by atoms with E-state index < -0.39 is 19.1 Å². The van der Waals surface area contributed by atoms with E-state index in [0.717, 1.165) is 5.56 Å². The molecule has 0 aliphatic carbocycles. The monoisotopic (exact) mass is 201 g/mol. The summed E-state index contributed by atoms with van der Waals surface area (Å²) in [5.74, 6) is 0. The van der Waals surface area contributed by atoms with Crippen LogP contribution in [0, 0.1) is 0 Å². The smallest absolute Gasteiger partial charge is 0.255 e. The number of nitrogens with one attached hydrogen (secondary N) is 1. The first-order valence-corrected chi connectivity index (χ1v) is 4.40. The Balaban J connectivity index is 2.40. The molecule has 0 amide bonds. The highest BCUT2D eigenvalue weighted by molar-refractivity contribution is 5.14. The number of hydrogen-bond acceptors (Lipinski definition) is 2. The molecule has 2 N–H and O–H groups in total. The summed E-state index contributed by atoms with van der Waals surface area (Å²) in [5.41, 5.74) is 0.923. The van der Waals surface area contributed by atoms with Gasteiger partial charge in [-0.2, -0.15) is 0 Å². The molecule has 14 heavy (non-hydrogen) atoms. The Morgan fingerprint density at radius 1 is 1.21 bits per heavy atom. The quantitative estimate of drug-likeness (QED) is 0.754. The van der Waals surface area contributed by atoms with Crippen LogP contribution in [0.25, 0.3) is 0 Å². The van der Waals surface area contributed by atoms with E-state index in [1.165, 1.54) is 0 Å². The molecular formula is C10H13F2NO. The Morgan fingerprint density at radius 2 is 1.86 bits per heavy atom. The summed E-state index contributed by atoms with van der Waals surface area (Å²) in [5, 5.41) is 11.2. The highest BCUT2D eigenvalue weighted by atomic mass is 19.3. The van der Waals surface area contributed by atoms with Crippen LogP contribution in [-0.4, -0.2) is 24.2 Å². The number of rotatable bonds is 5. The van der Waals surface area contributed by atoms with Gasteiger partial charge in [0.15, 0.2) is 0 Å². The first kappa shape index (κ1) is 11.1. The van der Waals surface area contributed by atoms with Crippen molar-refractivity contribution in [2.24, 2.45) is 0 Å². The van der Waals surface area contributed by atoms with Crippen LogP contribution in [0.5, 0.6) is 0 Å². The molecule has 78 valence electrons. The number of aliphatic hydroxyl groups excluding tert-OH is 1. The molecule has 1 aromatic rings. The zero-order chi connectivity index (χ0) is 10.4. The molecule has 0 aliphatic rings. The molecule has 4 heteroatoms. The fourth-order valence-corrected chi connectivity index (χ4v) is 1.08. The van der Waals surface area contributed by atoms with Crippen LogP contribution >= 0.6 is 0 Å². The van der Waals surface area contributed by atoms with Gasteiger partial charge in [-0.05, 0) is 5.56 Å². The van der Waals surface area contributed by atoms with E-state index in [1.807, 2.05) is 30.3 Å². The molecule has 0 fully saturated rings. The molecule has 0 bridgehead atoms. The topological polar surface area (TPSA) is 32.3 Å². The molecule has 0 unspecified atom stereocenters. The summed E-state index contributed by atoms with van der Waals surface area (Å²) in [4.78, 5) is 0. The highest BCUT2D eigenvalue weighted by Crippen LogP contribution is 2.03. The Hall–Kier alpha value is -1.00. The Morgan fingerprint density at radius 3 is 2.36 bits per heavy atom.